The molecule has 1 unspecified atom stereocenters. The monoisotopic (exact) mass is 502 g/mol. The normalized spacial score (nSPS) is 25.0. The maximum absolute atomic E-state index is 13.6. The Balaban J connectivity index is 1.74. The topological polar surface area (TPSA) is 78.7 Å². The van der Waals surface area contributed by atoms with Crippen LogP contribution < -0.4 is 11.1 Å². The number of halogens is 1. The molecule has 36 heavy (non-hydrogen) atoms. The van der Waals surface area contributed by atoms with Crippen molar-refractivity contribution in [2.24, 2.45) is 29.4 Å². The molecule has 0 radical (unpaired) electrons. The standard InChI is InChI=1S/C29H47FN4O2/c1-20(2)18-33(19-21(3)4)26-13-14-34(29(36)24-9-11-25(30)12-10-24)27(15-26)28(35)32-17-23-7-5-22(16-31)6-8-23/h9-12,20-23,26-27H,5-8,13-19,31H2,1-4H3,(H,32,35)/t22?,23?,26?,27-/m1/s1. The summed E-state index contributed by atoms with van der Waals surface area (Å²) in [5, 5.41) is 3.20. The Labute approximate surface area is 217 Å². The average molecular weight is 503 g/mol. The molecule has 2 fully saturated rings. The van der Waals surface area contributed by atoms with Gasteiger partial charge in [-0.1, -0.05) is 27.7 Å². The Kier molecular flexibility index (Phi) is 10.7. The summed E-state index contributed by atoms with van der Waals surface area (Å²) in [5.74, 6) is 1.49. The molecule has 1 saturated carbocycles. The fourth-order valence-electron chi connectivity index (χ4n) is 5.87. The van der Waals surface area contributed by atoms with Gasteiger partial charge in [0.25, 0.3) is 5.91 Å². The smallest absolute Gasteiger partial charge is 0.254 e. The third-order valence-corrected chi connectivity index (χ3v) is 7.81. The first-order valence-electron chi connectivity index (χ1n) is 14.0. The Hall–Kier alpha value is -1.99. The van der Waals surface area contributed by atoms with Gasteiger partial charge in [0.1, 0.15) is 11.9 Å². The zero-order valence-corrected chi connectivity index (χ0v) is 22.7. The van der Waals surface area contributed by atoms with E-state index in [0.717, 1.165) is 51.7 Å². The van der Waals surface area contributed by atoms with Crippen LogP contribution in [0, 0.1) is 29.5 Å². The van der Waals surface area contributed by atoms with Gasteiger partial charge in [-0.2, -0.15) is 0 Å². The summed E-state index contributed by atoms with van der Waals surface area (Å²) in [6, 6.07) is 5.36. The number of hydrogen-bond donors (Lipinski definition) is 2. The van der Waals surface area contributed by atoms with Gasteiger partial charge in [0.05, 0.1) is 0 Å². The number of nitrogens with one attached hydrogen (secondary N) is 1. The molecule has 2 aliphatic rings. The summed E-state index contributed by atoms with van der Waals surface area (Å²) in [6.45, 7) is 12.8. The zero-order chi connectivity index (χ0) is 26.2. The van der Waals surface area contributed by atoms with Gasteiger partial charge < -0.3 is 16.0 Å². The molecular weight excluding hydrogens is 455 g/mol. The molecule has 0 spiro atoms. The second-order valence-corrected chi connectivity index (χ2v) is 11.8. The summed E-state index contributed by atoms with van der Waals surface area (Å²) in [7, 11) is 0. The Morgan fingerprint density at radius 1 is 1.00 bits per heavy atom. The quantitative estimate of drug-likeness (QED) is 0.500. The number of nitrogens with two attached hydrogens (primary N) is 1. The van der Waals surface area contributed by atoms with E-state index in [1.54, 1.807) is 4.90 Å². The van der Waals surface area contributed by atoms with Crippen LogP contribution >= 0.6 is 0 Å². The summed E-state index contributed by atoms with van der Waals surface area (Å²) in [4.78, 5) is 31.2. The zero-order valence-electron chi connectivity index (χ0n) is 22.7. The van der Waals surface area contributed by atoms with Crippen LogP contribution in [0.4, 0.5) is 4.39 Å². The van der Waals surface area contributed by atoms with Crippen LogP contribution in [0.5, 0.6) is 0 Å². The second kappa shape index (κ2) is 13.5. The summed E-state index contributed by atoms with van der Waals surface area (Å²) < 4.78 is 13.5. The van der Waals surface area contributed by atoms with Crippen molar-refractivity contribution in [2.45, 2.75) is 78.3 Å². The maximum Gasteiger partial charge on any atom is 0.254 e. The van der Waals surface area contributed by atoms with Gasteiger partial charge in [-0.15, -0.1) is 0 Å². The number of hydrogen-bond acceptors (Lipinski definition) is 4. The number of carbonyl (C=O) groups excluding carboxylic acids is 2. The first kappa shape index (κ1) is 28.6. The van der Waals surface area contributed by atoms with Crippen LogP contribution in [-0.2, 0) is 4.79 Å². The van der Waals surface area contributed by atoms with E-state index in [-0.39, 0.29) is 23.7 Å². The Bertz CT molecular complexity index is 826. The highest BCUT2D eigenvalue weighted by atomic mass is 19.1. The number of benzene rings is 1. The van der Waals surface area contributed by atoms with Gasteiger partial charge >= 0.3 is 0 Å². The van der Waals surface area contributed by atoms with E-state index >= 15 is 0 Å². The second-order valence-electron chi connectivity index (χ2n) is 11.8. The lowest BCUT2D eigenvalue weighted by Gasteiger charge is -2.44. The highest BCUT2D eigenvalue weighted by Gasteiger charge is 2.39. The van der Waals surface area contributed by atoms with Crippen molar-refractivity contribution in [1.82, 2.24) is 15.1 Å². The van der Waals surface area contributed by atoms with Gasteiger partial charge in [0, 0.05) is 37.8 Å². The van der Waals surface area contributed by atoms with Crippen LogP contribution in [-0.4, -0.2) is 66.4 Å². The van der Waals surface area contributed by atoms with Crippen LogP contribution in [0.3, 0.4) is 0 Å². The summed E-state index contributed by atoms with van der Waals surface area (Å²) >= 11 is 0. The van der Waals surface area contributed by atoms with Crippen molar-refractivity contribution in [3.8, 4) is 0 Å². The van der Waals surface area contributed by atoms with E-state index < -0.39 is 6.04 Å². The molecule has 6 nitrogen and oxygen atoms in total. The number of nitrogens with zero attached hydrogens (tertiary/aromatic N) is 2. The largest absolute Gasteiger partial charge is 0.354 e. The van der Waals surface area contributed by atoms with Crippen molar-refractivity contribution in [3.05, 3.63) is 35.6 Å². The van der Waals surface area contributed by atoms with Crippen LogP contribution in [0.25, 0.3) is 0 Å². The van der Waals surface area contributed by atoms with E-state index in [2.05, 4.69) is 37.9 Å². The number of piperidine rings is 1. The molecule has 7 heteroatoms. The SMILES string of the molecule is CC(C)CN(CC(C)C)C1CCN(C(=O)c2ccc(F)cc2)[C@@H](C(=O)NCC2CCC(CN)CC2)C1. The fraction of sp³-hybridized carbons (Fsp3) is 0.724. The average Bonchev–Trinajstić information content (AvgIpc) is 2.86. The summed E-state index contributed by atoms with van der Waals surface area (Å²) in [6.07, 6.45) is 5.87. The van der Waals surface area contributed by atoms with Gasteiger partial charge in [-0.05, 0) is 93.0 Å². The predicted molar refractivity (Wildman–Crippen MR) is 143 cm³/mol. The van der Waals surface area contributed by atoms with Crippen molar-refractivity contribution < 1.29 is 14.0 Å². The molecule has 202 valence electrons. The highest BCUT2D eigenvalue weighted by Crippen LogP contribution is 2.29. The molecule has 0 bridgehead atoms. The number of carbonyl (C=O) groups is 2. The van der Waals surface area contributed by atoms with Gasteiger partial charge in [-0.3, -0.25) is 14.5 Å². The Morgan fingerprint density at radius 3 is 2.14 bits per heavy atom. The minimum absolute atomic E-state index is 0.0647. The van der Waals surface area contributed by atoms with Crippen LogP contribution in [0.2, 0.25) is 0 Å². The van der Waals surface area contributed by atoms with Crippen LogP contribution in [0.1, 0.15) is 76.6 Å². The molecule has 0 aromatic heterocycles. The molecule has 3 rings (SSSR count). The van der Waals surface area contributed by atoms with Crippen molar-refractivity contribution >= 4 is 11.8 Å². The Morgan fingerprint density at radius 2 is 1.58 bits per heavy atom. The molecule has 1 aromatic carbocycles. The maximum atomic E-state index is 13.6. The van der Waals surface area contributed by atoms with E-state index in [1.165, 1.54) is 24.3 Å². The van der Waals surface area contributed by atoms with E-state index in [0.29, 0.717) is 48.7 Å². The molecule has 1 saturated heterocycles. The number of likely N-dealkylation sites (tertiary alicyclic amines) is 1. The molecule has 2 atom stereocenters. The molecule has 1 aliphatic carbocycles. The van der Waals surface area contributed by atoms with Gasteiger partial charge in [-0.25, -0.2) is 4.39 Å². The third kappa shape index (κ3) is 8.01. The van der Waals surface area contributed by atoms with Crippen molar-refractivity contribution in [3.63, 3.8) is 0 Å². The first-order valence-corrected chi connectivity index (χ1v) is 14.0. The van der Waals surface area contributed by atoms with Crippen molar-refractivity contribution in [1.29, 1.82) is 0 Å². The molecule has 3 N–H and O–H groups in total. The van der Waals surface area contributed by atoms with E-state index in [9.17, 15) is 14.0 Å². The molecular formula is C29H47FN4O2. The molecule has 1 heterocycles. The van der Waals surface area contributed by atoms with E-state index in [4.69, 9.17) is 5.73 Å². The lowest BCUT2D eigenvalue weighted by atomic mass is 9.82. The van der Waals surface area contributed by atoms with Crippen LogP contribution in [0.15, 0.2) is 24.3 Å². The number of amides is 2. The van der Waals surface area contributed by atoms with E-state index in [1.807, 2.05) is 0 Å². The van der Waals surface area contributed by atoms with Crippen molar-refractivity contribution in [2.75, 3.05) is 32.7 Å². The first-order chi connectivity index (χ1) is 17.2. The minimum atomic E-state index is -0.525. The highest BCUT2D eigenvalue weighted by molar-refractivity contribution is 5.97. The fourth-order valence-corrected chi connectivity index (χ4v) is 5.87. The predicted octanol–water partition coefficient (Wildman–Crippen LogP) is 4.29. The lowest BCUT2D eigenvalue weighted by molar-refractivity contribution is -0.128. The third-order valence-electron chi connectivity index (χ3n) is 7.81. The lowest BCUT2D eigenvalue weighted by Crippen LogP contribution is -2.58. The van der Waals surface area contributed by atoms with Gasteiger partial charge in [0.2, 0.25) is 5.91 Å². The molecule has 2 amide bonds. The number of rotatable bonds is 10. The molecule has 1 aliphatic heterocycles. The van der Waals surface area contributed by atoms with Gasteiger partial charge in [0.15, 0.2) is 0 Å². The summed E-state index contributed by atoms with van der Waals surface area (Å²) in [5.41, 5.74) is 6.26. The molecule has 1 aromatic rings. The minimum Gasteiger partial charge on any atom is -0.354 e.